The van der Waals surface area contributed by atoms with E-state index in [2.05, 4.69) is 5.32 Å². The predicted octanol–water partition coefficient (Wildman–Crippen LogP) is 1.11. The number of hydrogen-bond acceptors (Lipinski definition) is 6. The van der Waals surface area contributed by atoms with Crippen molar-refractivity contribution in [1.82, 2.24) is 9.62 Å². The monoisotopic (exact) mass is 422 g/mol. The minimum absolute atomic E-state index is 0.0414. The van der Waals surface area contributed by atoms with E-state index in [-0.39, 0.29) is 15.4 Å². The highest BCUT2D eigenvalue weighted by atomic mass is 32.2. The Bertz CT molecular complexity index is 1150. The number of nitrogens with one attached hydrogen (secondary N) is 1. The first kappa shape index (κ1) is 20.0. The topological polar surface area (TPSA) is 118 Å². The largest absolute Gasteiger partial charge is 0.348 e. The third-order valence-electron chi connectivity index (χ3n) is 4.38. The van der Waals surface area contributed by atoms with Crippen molar-refractivity contribution in [3.05, 3.63) is 59.7 Å². The Hall–Kier alpha value is -2.72. The second-order valence-electron chi connectivity index (χ2n) is 6.44. The molecule has 10 heteroatoms. The maximum absolute atomic E-state index is 12.5. The van der Waals surface area contributed by atoms with E-state index < -0.39 is 44.3 Å². The van der Waals surface area contributed by atoms with Crippen molar-refractivity contribution in [2.24, 2.45) is 0 Å². The molecule has 8 nitrogen and oxygen atoms in total. The van der Waals surface area contributed by atoms with Crippen LogP contribution in [0.25, 0.3) is 0 Å². The minimum atomic E-state index is -4.06. The minimum Gasteiger partial charge on any atom is -0.348 e. The normalized spacial score (nSPS) is 16.5. The summed E-state index contributed by atoms with van der Waals surface area (Å²) in [5, 5.41) is 2.62. The lowest BCUT2D eigenvalue weighted by Gasteiger charge is -2.18. The van der Waals surface area contributed by atoms with Crippen molar-refractivity contribution in [2.75, 3.05) is 12.8 Å². The van der Waals surface area contributed by atoms with Gasteiger partial charge < -0.3 is 5.32 Å². The molecule has 0 spiro atoms. The van der Waals surface area contributed by atoms with Gasteiger partial charge in [0.05, 0.1) is 16.5 Å². The molecule has 2 amide bonds. The summed E-state index contributed by atoms with van der Waals surface area (Å²) >= 11 is 0. The third kappa shape index (κ3) is 3.65. The molecule has 0 fully saturated rings. The molecule has 1 heterocycles. The number of hydrogen-bond donors (Lipinski definition) is 1. The van der Waals surface area contributed by atoms with E-state index in [0.29, 0.717) is 9.87 Å². The first-order chi connectivity index (χ1) is 13.0. The summed E-state index contributed by atoms with van der Waals surface area (Å²) < 4.78 is 48.5. The summed E-state index contributed by atoms with van der Waals surface area (Å²) in [4.78, 5) is 24.7. The lowest BCUT2D eigenvalue weighted by molar-refractivity contribution is -0.121. The average molecular weight is 422 g/mol. The zero-order valence-electron chi connectivity index (χ0n) is 15.1. The summed E-state index contributed by atoms with van der Waals surface area (Å²) in [5.74, 6) is -1.39. The van der Waals surface area contributed by atoms with Crippen LogP contribution in [0.2, 0.25) is 0 Å². The Balaban J connectivity index is 1.72. The SMILES string of the molecule is C[C@H](NC(=O)CN1C(=O)c2ccccc2S1(=O)=O)c1ccc(S(C)(=O)=O)cc1. The Kier molecular flexibility index (Phi) is 5.02. The Morgan fingerprint density at radius 2 is 1.71 bits per heavy atom. The number of amides is 2. The summed E-state index contributed by atoms with van der Waals surface area (Å²) in [6.07, 6.45) is 1.10. The van der Waals surface area contributed by atoms with Crippen LogP contribution in [0.3, 0.4) is 0 Å². The van der Waals surface area contributed by atoms with Gasteiger partial charge in [0.2, 0.25) is 5.91 Å². The molecule has 28 heavy (non-hydrogen) atoms. The van der Waals surface area contributed by atoms with Crippen LogP contribution in [-0.2, 0) is 24.7 Å². The fourth-order valence-corrected chi connectivity index (χ4v) is 5.05. The van der Waals surface area contributed by atoms with Gasteiger partial charge in [-0.1, -0.05) is 24.3 Å². The van der Waals surface area contributed by atoms with Gasteiger partial charge in [0.1, 0.15) is 11.4 Å². The van der Waals surface area contributed by atoms with E-state index in [9.17, 15) is 26.4 Å². The van der Waals surface area contributed by atoms with E-state index in [1.54, 1.807) is 25.1 Å². The Morgan fingerprint density at radius 1 is 1.11 bits per heavy atom. The number of sulfone groups is 1. The molecule has 0 radical (unpaired) electrons. The van der Waals surface area contributed by atoms with Crippen molar-refractivity contribution in [1.29, 1.82) is 0 Å². The standard InChI is InChI=1S/C18H18N2O6S2/c1-12(13-7-9-14(10-8-13)27(2,23)24)19-17(21)11-20-18(22)15-5-3-4-6-16(15)28(20,25)26/h3-10,12H,11H2,1-2H3,(H,19,21)/t12-/m0/s1. The molecule has 1 atom stereocenters. The first-order valence-corrected chi connectivity index (χ1v) is 11.6. The highest BCUT2D eigenvalue weighted by Crippen LogP contribution is 2.29. The van der Waals surface area contributed by atoms with Crippen molar-refractivity contribution in [3.8, 4) is 0 Å². The van der Waals surface area contributed by atoms with Crippen LogP contribution in [0.4, 0.5) is 0 Å². The van der Waals surface area contributed by atoms with Crippen LogP contribution >= 0.6 is 0 Å². The molecular formula is C18H18N2O6S2. The van der Waals surface area contributed by atoms with Crippen LogP contribution in [0.15, 0.2) is 58.3 Å². The second kappa shape index (κ2) is 7.02. The Morgan fingerprint density at radius 3 is 2.29 bits per heavy atom. The van der Waals surface area contributed by atoms with Gasteiger partial charge >= 0.3 is 0 Å². The van der Waals surface area contributed by atoms with Crippen molar-refractivity contribution in [2.45, 2.75) is 22.8 Å². The van der Waals surface area contributed by atoms with E-state index >= 15 is 0 Å². The highest BCUT2D eigenvalue weighted by molar-refractivity contribution is 7.90. The number of nitrogens with zero attached hydrogens (tertiary/aromatic N) is 1. The van der Waals surface area contributed by atoms with Gasteiger partial charge in [-0.25, -0.2) is 21.1 Å². The molecule has 2 aromatic rings. The smallest absolute Gasteiger partial charge is 0.269 e. The molecule has 0 aromatic heterocycles. The van der Waals surface area contributed by atoms with E-state index in [1.165, 1.54) is 30.3 Å². The van der Waals surface area contributed by atoms with Gasteiger partial charge in [-0.3, -0.25) is 9.59 Å². The zero-order chi connectivity index (χ0) is 20.7. The van der Waals surface area contributed by atoms with Crippen LogP contribution in [0, 0.1) is 0 Å². The predicted molar refractivity (Wildman–Crippen MR) is 101 cm³/mol. The molecule has 1 aliphatic rings. The number of rotatable bonds is 5. The van der Waals surface area contributed by atoms with E-state index in [1.807, 2.05) is 0 Å². The summed E-state index contributed by atoms with van der Waals surface area (Å²) in [6.45, 7) is 1.03. The van der Waals surface area contributed by atoms with Gasteiger partial charge in [0.25, 0.3) is 15.9 Å². The molecule has 1 aliphatic heterocycles. The highest BCUT2D eigenvalue weighted by Gasteiger charge is 2.41. The molecule has 3 rings (SSSR count). The van der Waals surface area contributed by atoms with Crippen molar-refractivity contribution in [3.63, 3.8) is 0 Å². The van der Waals surface area contributed by atoms with Gasteiger partial charge in [0.15, 0.2) is 9.84 Å². The third-order valence-corrected chi connectivity index (χ3v) is 7.30. The van der Waals surface area contributed by atoms with Crippen LogP contribution in [0.5, 0.6) is 0 Å². The molecule has 0 unspecified atom stereocenters. The van der Waals surface area contributed by atoms with Gasteiger partial charge in [0, 0.05) is 6.26 Å². The molecule has 0 bridgehead atoms. The molecule has 1 N–H and O–H groups in total. The van der Waals surface area contributed by atoms with Gasteiger partial charge in [-0.2, -0.15) is 0 Å². The van der Waals surface area contributed by atoms with Crippen molar-refractivity contribution < 1.29 is 26.4 Å². The summed E-state index contributed by atoms with van der Waals surface area (Å²) in [6, 6.07) is 11.3. The zero-order valence-corrected chi connectivity index (χ0v) is 16.7. The second-order valence-corrected chi connectivity index (χ2v) is 10.3. The van der Waals surface area contributed by atoms with Gasteiger partial charge in [-0.15, -0.1) is 0 Å². The maximum Gasteiger partial charge on any atom is 0.269 e. The fraction of sp³-hybridized carbons (Fsp3) is 0.222. The summed E-state index contributed by atoms with van der Waals surface area (Å²) in [7, 11) is -7.38. The number of carbonyl (C=O) groups excluding carboxylic acids is 2. The first-order valence-electron chi connectivity index (χ1n) is 8.27. The molecule has 0 saturated carbocycles. The number of carbonyl (C=O) groups is 2. The van der Waals surface area contributed by atoms with E-state index in [4.69, 9.17) is 0 Å². The summed E-state index contributed by atoms with van der Waals surface area (Å²) in [5.41, 5.74) is 0.680. The van der Waals surface area contributed by atoms with Crippen molar-refractivity contribution >= 4 is 31.7 Å². The number of sulfonamides is 1. The number of fused-ring (bicyclic) bond motifs is 1. The van der Waals surface area contributed by atoms with E-state index in [0.717, 1.165) is 6.26 Å². The molecule has 2 aromatic carbocycles. The molecular weight excluding hydrogens is 404 g/mol. The number of benzene rings is 2. The lowest BCUT2D eigenvalue weighted by atomic mass is 10.1. The fourth-order valence-electron chi connectivity index (χ4n) is 2.89. The quantitative estimate of drug-likeness (QED) is 0.771. The van der Waals surface area contributed by atoms with Gasteiger partial charge in [-0.05, 0) is 36.8 Å². The maximum atomic E-state index is 12.5. The van der Waals surface area contributed by atoms with Crippen LogP contribution in [-0.4, -0.2) is 45.8 Å². The molecule has 148 valence electrons. The lowest BCUT2D eigenvalue weighted by Crippen LogP contribution is -2.41. The van der Waals surface area contributed by atoms with Crippen LogP contribution in [0.1, 0.15) is 28.9 Å². The molecule has 0 saturated heterocycles. The van der Waals surface area contributed by atoms with Crippen LogP contribution < -0.4 is 5.32 Å². The average Bonchev–Trinajstić information content (AvgIpc) is 2.82. The Labute approximate surface area is 163 Å². The molecule has 0 aliphatic carbocycles.